The van der Waals surface area contributed by atoms with Crippen LogP contribution in [0, 0.1) is 6.92 Å². The fraction of sp³-hybridized carbons (Fsp3) is 0.375. The SMILES string of the molecule is Cc1nn(C)c(Cl)c1C(=O)N[C@@H](C)c1ccc2c(c1)OCCO2. The summed E-state index contributed by atoms with van der Waals surface area (Å²) in [5, 5.41) is 7.43. The predicted molar refractivity (Wildman–Crippen MR) is 86.3 cm³/mol. The molecule has 2 aromatic rings. The van der Waals surface area contributed by atoms with Crippen LogP contribution in [0.25, 0.3) is 0 Å². The van der Waals surface area contributed by atoms with Crippen molar-refractivity contribution >= 4 is 17.5 Å². The highest BCUT2D eigenvalue weighted by Gasteiger charge is 2.21. The Morgan fingerprint density at radius 1 is 1.35 bits per heavy atom. The third-order valence-electron chi connectivity index (χ3n) is 3.79. The van der Waals surface area contributed by atoms with Crippen molar-refractivity contribution in [2.75, 3.05) is 13.2 Å². The van der Waals surface area contributed by atoms with E-state index in [9.17, 15) is 4.79 Å². The first-order valence-corrected chi connectivity index (χ1v) is 7.74. The van der Waals surface area contributed by atoms with Gasteiger partial charge < -0.3 is 14.8 Å². The van der Waals surface area contributed by atoms with Crippen LogP contribution in [0.3, 0.4) is 0 Å². The molecule has 0 bridgehead atoms. The minimum Gasteiger partial charge on any atom is -0.486 e. The second kappa shape index (κ2) is 6.12. The van der Waals surface area contributed by atoms with Crippen molar-refractivity contribution in [2.45, 2.75) is 19.9 Å². The second-order valence-corrected chi connectivity index (χ2v) is 5.83. The first-order valence-electron chi connectivity index (χ1n) is 7.37. The number of halogens is 1. The van der Waals surface area contributed by atoms with Gasteiger partial charge in [-0.25, -0.2) is 0 Å². The minimum absolute atomic E-state index is 0.200. The van der Waals surface area contributed by atoms with Crippen LogP contribution in [-0.4, -0.2) is 28.9 Å². The van der Waals surface area contributed by atoms with Crippen molar-refractivity contribution in [2.24, 2.45) is 7.05 Å². The Kier molecular flexibility index (Phi) is 4.17. The molecule has 0 aliphatic carbocycles. The Morgan fingerprint density at radius 2 is 2.04 bits per heavy atom. The second-order valence-electron chi connectivity index (χ2n) is 5.47. The van der Waals surface area contributed by atoms with Crippen molar-refractivity contribution in [3.63, 3.8) is 0 Å². The molecule has 122 valence electrons. The summed E-state index contributed by atoms with van der Waals surface area (Å²) in [5.74, 6) is 1.18. The van der Waals surface area contributed by atoms with Crippen LogP contribution in [0.1, 0.15) is 34.6 Å². The summed E-state index contributed by atoms with van der Waals surface area (Å²) in [7, 11) is 1.70. The number of aryl methyl sites for hydroxylation is 2. The van der Waals surface area contributed by atoms with E-state index in [1.807, 2.05) is 25.1 Å². The standard InChI is InChI=1S/C16H18ClN3O3/c1-9(11-4-5-12-13(8-11)23-7-6-22-12)18-16(21)14-10(2)19-20(3)15(14)17/h4-5,8-9H,6-7H2,1-3H3,(H,18,21)/t9-/m0/s1. The Balaban J connectivity index is 1.78. The molecule has 3 rings (SSSR count). The smallest absolute Gasteiger partial charge is 0.256 e. The fourth-order valence-electron chi connectivity index (χ4n) is 2.57. The first kappa shape index (κ1) is 15.7. The lowest BCUT2D eigenvalue weighted by Crippen LogP contribution is -2.27. The topological polar surface area (TPSA) is 65.4 Å². The molecule has 0 unspecified atom stereocenters. The lowest BCUT2D eigenvalue weighted by atomic mass is 10.1. The minimum atomic E-state index is -0.247. The molecule has 0 spiro atoms. The monoisotopic (exact) mass is 335 g/mol. The molecular weight excluding hydrogens is 318 g/mol. The Bertz CT molecular complexity index is 757. The van der Waals surface area contributed by atoms with Crippen LogP contribution in [0.4, 0.5) is 0 Å². The molecule has 1 aliphatic rings. The number of aromatic nitrogens is 2. The van der Waals surface area contributed by atoms with Crippen molar-refractivity contribution < 1.29 is 14.3 Å². The summed E-state index contributed by atoms with van der Waals surface area (Å²) in [6, 6.07) is 5.45. The highest BCUT2D eigenvalue weighted by atomic mass is 35.5. The van der Waals surface area contributed by atoms with Gasteiger partial charge in [-0.15, -0.1) is 0 Å². The van der Waals surface area contributed by atoms with Crippen LogP contribution >= 0.6 is 11.6 Å². The zero-order valence-corrected chi connectivity index (χ0v) is 14.0. The largest absolute Gasteiger partial charge is 0.486 e. The summed E-state index contributed by atoms with van der Waals surface area (Å²) >= 11 is 6.14. The van der Waals surface area contributed by atoms with E-state index >= 15 is 0 Å². The van der Waals surface area contributed by atoms with Crippen molar-refractivity contribution in [1.29, 1.82) is 0 Å². The van der Waals surface area contributed by atoms with Gasteiger partial charge in [0.15, 0.2) is 11.5 Å². The van der Waals surface area contributed by atoms with Gasteiger partial charge in [0.05, 0.1) is 17.3 Å². The molecule has 0 saturated carbocycles. The van der Waals surface area contributed by atoms with Gasteiger partial charge in [0.2, 0.25) is 0 Å². The van der Waals surface area contributed by atoms with E-state index in [1.165, 1.54) is 4.68 Å². The third-order valence-corrected chi connectivity index (χ3v) is 4.23. The summed E-state index contributed by atoms with van der Waals surface area (Å²) in [4.78, 5) is 12.5. The zero-order chi connectivity index (χ0) is 16.6. The molecule has 0 fully saturated rings. The number of fused-ring (bicyclic) bond motifs is 1. The maximum Gasteiger partial charge on any atom is 0.256 e. The number of carbonyl (C=O) groups excluding carboxylic acids is 1. The van der Waals surface area contributed by atoms with E-state index in [2.05, 4.69) is 10.4 Å². The molecule has 1 aromatic heterocycles. The van der Waals surface area contributed by atoms with Crippen LogP contribution < -0.4 is 14.8 Å². The number of hydrogen-bond donors (Lipinski definition) is 1. The summed E-state index contributed by atoms with van der Waals surface area (Å²) < 4.78 is 12.6. The van der Waals surface area contributed by atoms with E-state index in [4.69, 9.17) is 21.1 Å². The molecule has 6 nitrogen and oxygen atoms in total. The Labute approximate surface area is 139 Å². The highest BCUT2D eigenvalue weighted by Crippen LogP contribution is 2.32. The van der Waals surface area contributed by atoms with Crippen LogP contribution in [0.15, 0.2) is 18.2 Å². The summed E-state index contributed by atoms with van der Waals surface area (Å²) in [6.45, 7) is 4.75. The highest BCUT2D eigenvalue weighted by molar-refractivity contribution is 6.33. The van der Waals surface area contributed by atoms with Crippen molar-refractivity contribution in [1.82, 2.24) is 15.1 Å². The number of amides is 1. The van der Waals surface area contributed by atoms with E-state index < -0.39 is 0 Å². The van der Waals surface area contributed by atoms with Gasteiger partial charge in [0, 0.05) is 7.05 Å². The Hall–Kier alpha value is -2.21. The van der Waals surface area contributed by atoms with Gasteiger partial charge in [-0.3, -0.25) is 9.48 Å². The van der Waals surface area contributed by atoms with Gasteiger partial charge in [-0.1, -0.05) is 17.7 Å². The maximum absolute atomic E-state index is 12.5. The first-order chi connectivity index (χ1) is 11.0. The number of nitrogens with one attached hydrogen (secondary N) is 1. The van der Waals surface area contributed by atoms with Gasteiger partial charge in [0.25, 0.3) is 5.91 Å². The predicted octanol–water partition coefficient (Wildman–Crippen LogP) is 2.64. The fourth-order valence-corrected chi connectivity index (χ4v) is 2.83. The molecule has 7 heteroatoms. The molecule has 1 aromatic carbocycles. The molecular formula is C16H18ClN3O3. The number of rotatable bonds is 3. The van der Waals surface area contributed by atoms with Gasteiger partial charge in [-0.05, 0) is 31.5 Å². The molecule has 0 saturated heterocycles. The number of benzene rings is 1. The average molecular weight is 336 g/mol. The van der Waals surface area contributed by atoms with E-state index in [0.29, 0.717) is 35.4 Å². The Morgan fingerprint density at radius 3 is 2.70 bits per heavy atom. The summed E-state index contributed by atoms with van der Waals surface area (Å²) in [5.41, 5.74) is 1.93. The quantitative estimate of drug-likeness (QED) is 0.936. The zero-order valence-electron chi connectivity index (χ0n) is 13.2. The van der Waals surface area contributed by atoms with E-state index in [-0.39, 0.29) is 11.9 Å². The summed E-state index contributed by atoms with van der Waals surface area (Å²) in [6.07, 6.45) is 0. The lowest BCUT2D eigenvalue weighted by molar-refractivity contribution is 0.0939. The van der Waals surface area contributed by atoms with Crippen molar-refractivity contribution in [3.8, 4) is 11.5 Å². The molecule has 1 amide bonds. The van der Waals surface area contributed by atoms with E-state index in [1.54, 1.807) is 14.0 Å². The number of carbonyl (C=O) groups is 1. The molecule has 1 N–H and O–H groups in total. The molecule has 1 atom stereocenters. The molecule has 1 aliphatic heterocycles. The normalized spacial score (nSPS) is 14.4. The maximum atomic E-state index is 12.5. The van der Waals surface area contributed by atoms with E-state index in [0.717, 1.165) is 11.3 Å². The van der Waals surface area contributed by atoms with Crippen LogP contribution in [0.2, 0.25) is 5.15 Å². The third kappa shape index (κ3) is 2.99. The number of hydrogen-bond acceptors (Lipinski definition) is 4. The van der Waals surface area contributed by atoms with Gasteiger partial charge in [0.1, 0.15) is 18.4 Å². The van der Waals surface area contributed by atoms with Gasteiger partial charge >= 0.3 is 0 Å². The molecule has 0 radical (unpaired) electrons. The van der Waals surface area contributed by atoms with Gasteiger partial charge in [-0.2, -0.15) is 5.10 Å². The lowest BCUT2D eigenvalue weighted by Gasteiger charge is -2.21. The number of nitrogens with zero attached hydrogens (tertiary/aromatic N) is 2. The van der Waals surface area contributed by atoms with Crippen molar-refractivity contribution in [3.05, 3.63) is 40.2 Å². The molecule has 2 heterocycles. The molecule has 23 heavy (non-hydrogen) atoms. The number of ether oxygens (including phenoxy) is 2. The average Bonchev–Trinajstić information content (AvgIpc) is 2.79. The van der Waals surface area contributed by atoms with Crippen LogP contribution in [-0.2, 0) is 7.05 Å². The van der Waals surface area contributed by atoms with Crippen LogP contribution in [0.5, 0.6) is 11.5 Å².